The number of pyridine rings is 1. The van der Waals surface area contributed by atoms with Crippen LogP contribution >= 0.6 is 0 Å². The van der Waals surface area contributed by atoms with Crippen LogP contribution in [0.4, 0.5) is 0 Å². The minimum Gasteiger partial charge on any atom is -0.339 e. The largest absolute Gasteiger partial charge is 0.339 e. The van der Waals surface area contributed by atoms with Crippen LogP contribution in [0.15, 0.2) is 71.8 Å². The predicted molar refractivity (Wildman–Crippen MR) is 120 cm³/mol. The molecule has 4 rings (SSSR count). The van der Waals surface area contributed by atoms with E-state index in [1.807, 2.05) is 18.3 Å². The highest BCUT2D eigenvalue weighted by molar-refractivity contribution is 7.89. The Morgan fingerprint density at radius 3 is 2.42 bits per heavy atom. The van der Waals surface area contributed by atoms with E-state index in [4.69, 9.17) is 0 Å². The summed E-state index contributed by atoms with van der Waals surface area (Å²) < 4.78 is 26.4. The van der Waals surface area contributed by atoms with Gasteiger partial charge in [-0.2, -0.15) is 4.31 Å². The quantitative estimate of drug-likeness (QED) is 0.590. The fourth-order valence-corrected chi connectivity index (χ4v) is 4.98. The Bertz CT molecular complexity index is 1150. The standard InChI is InChI=1S/C23H26N4O3S/c1-25(31(29,30)21-10-3-2-4-11-21)18-22(28)27-15-13-26(14-16-27)17-20-8-5-7-19-9-6-12-24-23(19)20/h2-12H,13-18H2,1H3. The van der Waals surface area contributed by atoms with Crippen LogP contribution in [0.1, 0.15) is 5.56 Å². The minimum atomic E-state index is -3.68. The molecule has 2 aromatic carbocycles. The van der Waals surface area contributed by atoms with E-state index in [1.54, 1.807) is 23.1 Å². The maximum Gasteiger partial charge on any atom is 0.243 e. The summed E-state index contributed by atoms with van der Waals surface area (Å²) in [4.78, 5) is 21.5. The molecule has 1 aromatic heterocycles. The van der Waals surface area contributed by atoms with Gasteiger partial charge in [0, 0.05) is 51.4 Å². The lowest BCUT2D eigenvalue weighted by Crippen LogP contribution is -2.51. The van der Waals surface area contributed by atoms with Gasteiger partial charge in [0.05, 0.1) is 17.0 Å². The number of rotatable bonds is 6. The first-order valence-electron chi connectivity index (χ1n) is 10.3. The Morgan fingerprint density at radius 1 is 0.968 bits per heavy atom. The average Bonchev–Trinajstić information content (AvgIpc) is 2.80. The van der Waals surface area contributed by atoms with Gasteiger partial charge in [0.1, 0.15) is 0 Å². The molecule has 31 heavy (non-hydrogen) atoms. The summed E-state index contributed by atoms with van der Waals surface area (Å²) in [6.45, 7) is 3.25. The van der Waals surface area contributed by atoms with Gasteiger partial charge in [0.25, 0.3) is 0 Å². The van der Waals surface area contributed by atoms with Crippen molar-refractivity contribution in [3.8, 4) is 0 Å². The minimum absolute atomic E-state index is 0.162. The number of carbonyl (C=O) groups is 1. The van der Waals surface area contributed by atoms with Gasteiger partial charge >= 0.3 is 0 Å². The zero-order valence-corrected chi connectivity index (χ0v) is 18.3. The van der Waals surface area contributed by atoms with Crippen molar-refractivity contribution < 1.29 is 13.2 Å². The van der Waals surface area contributed by atoms with E-state index in [1.165, 1.54) is 24.7 Å². The molecule has 0 unspecified atom stereocenters. The average molecular weight is 439 g/mol. The summed E-state index contributed by atoms with van der Waals surface area (Å²) >= 11 is 0. The lowest BCUT2D eigenvalue weighted by molar-refractivity contribution is -0.133. The fraction of sp³-hybridized carbons (Fsp3) is 0.304. The number of aromatic nitrogens is 1. The Kier molecular flexibility index (Phi) is 6.31. The van der Waals surface area contributed by atoms with Crippen LogP contribution in [0.3, 0.4) is 0 Å². The third-order valence-corrected chi connectivity index (χ3v) is 7.46. The molecule has 1 amide bonds. The topological polar surface area (TPSA) is 73.8 Å². The summed E-state index contributed by atoms with van der Waals surface area (Å²) in [5.41, 5.74) is 2.18. The van der Waals surface area contributed by atoms with Crippen molar-refractivity contribution in [2.75, 3.05) is 39.8 Å². The number of likely N-dealkylation sites (N-methyl/N-ethyl adjacent to an activating group) is 1. The van der Waals surface area contributed by atoms with Gasteiger partial charge in [-0.3, -0.25) is 14.7 Å². The van der Waals surface area contributed by atoms with Crippen LogP contribution in [0.5, 0.6) is 0 Å². The van der Waals surface area contributed by atoms with E-state index in [9.17, 15) is 13.2 Å². The normalized spacial score (nSPS) is 15.5. The Labute approximate surface area is 183 Å². The van der Waals surface area contributed by atoms with Crippen molar-refractivity contribution in [2.24, 2.45) is 0 Å². The molecular weight excluding hydrogens is 412 g/mol. The number of piperazine rings is 1. The van der Waals surface area contributed by atoms with Gasteiger partial charge in [-0.25, -0.2) is 8.42 Å². The summed E-state index contributed by atoms with van der Waals surface area (Å²) in [5, 5.41) is 1.12. The molecule has 3 aromatic rings. The molecule has 8 heteroatoms. The molecule has 1 aliphatic heterocycles. The second-order valence-electron chi connectivity index (χ2n) is 7.72. The zero-order valence-electron chi connectivity index (χ0n) is 17.5. The van der Waals surface area contributed by atoms with Gasteiger partial charge < -0.3 is 4.90 Å². The number of benzene rings is 2. The Balaban J connectivity index is 1.34. The summed E-state index contributed by atoms with van der Waals surface area (Å²) in [7, 11) is -2.23. The van der Waals surface area contributed by atoms with Gasteiger partial charge in [0.15, 0.2) is 0 Å². The van der Waals surface area contributed by atoms with Crippen LogP contribution in [0, 0.1) is 0 Å². The zero-order chi connectivity index (χ0) is 21.8. The molecule has 162 valence electrons. The molecule has 0 atom stereocenters. The molecular formula is C23H26N4O3S. The van der Waals surface area contributed by atoms with E-state index in [-0.39, 0.29) is 17.3 Å². The Morgan fingerprint density at radius 2 is 1.68 bits per heavy atom. The van der Waals surface area contributed by atoms with Crippen molar-refractivity contribution in [3.05, 3.63) is 72.4 Å². The van der Waals surface area contributed by atoms with E-state index in [2.05, 4.69) is 28.1 Å². The molecule has 0 radical (unpaired) electrons. The van der Waals surface area contributed by atoms with Gasteiger partial charge in [0.2, 0.25) is 15.9 Å². The van der Waals surface area contributed by atoms with Crippen molar-refractivity contribution >= 4 is 26.8 Å². The SMILES string of the molecule is CN(CC(=O)N1CCN(Cc2cccc3cccnc23)CC1)S(=O)(=O)c1ccccc1. The maximum absolute atomic E-state index is 12.7. The third-order valence-electron chi connectivity index (χ3n) is 5.64. The van der Waals surface area contributed by atoms with Gasteiger partial charge in [-0.05, 0) is 23.8 Å². The summed E-state index contributed by atoms with van der Waals surface area (Å²) in [6, 6.07) is 18.4. The van der Waals surface area contributed by atoms with E-state index in [0.29, 0.717) is 13.1 Å². The van der Waals surface area contributed by atoms with E-state index < -0.39 is 10.0 Å². The van der Waals surface area contributed by atoms with Crippen LogP contribution in [-0.2, 0) is 21.4 Å². The second kappa shape index (κ2) is 9.13. The highest BCUT2D eigenvalue weighted by Gasteiger charge is 2.27. The molecule has 1 fully saturated rings. The van der Waals surface area contributed by atoms with Crippen LogP contribution < -0.4 is 0 Å². The highest BCUT2D eigenvalue weighted by Crippen LogP contribution is 2.19. The number of sulfonamides is 1. The number of amides is 1. The van der Waals surface area contributed by atoms with Crippen molar-refractivity contribution in [1.29, 1.82) is 0 Å². The van der Waals surface area contributed by atoms with Crippen molar-refractivity contribution in [2.45, 2.75) is 11.4 Å². The highest BCUT2D eigenvalue weighted by atomic mass is 32.2. The maximum atomic E-state index is 12.7. The van der Waals surface area contributed by atoms with E-state index >= 15 is 0 Å². The molecule has 0 spiro atoms. The summed E-state index contributed by atoms with van der Waals surface area (Å²) in [5.74, 6) is -0.173. The first-order chi connectivity index (χ1) is 14.9. The monoisotopic (exact) mass is 438 g/mol. The number of fused-ring (bicyclic) bond motifs is 1. The number of carbonyl (C=O) groups excluding carboxylic acids is 1. The van der Waals surface area contributed by atoms with Crippen LogP contribution in [0.25, 0.3) is 10.9 Å². The molecule has 7 nitrogen and oxygen atoms in total. The lowest BCUT2D eigenvalue weighted by atomic mass is 10.1. The molecule has 0 N–H and O–H groups in total. The molecule has 0 aliphatic carbocycles. The third kappa shape index (κ3) is 4.76. The first-order valence-corrected chi connectivity index (χ1v) is 11.7. The summed E-state index contributed by atoms with van der Waals surface area (Å²) in [6.07, 6.45) is 1.81. The smallest absolute Gasteiger partial charge is 0.243 e. The lowest BCUT2D eigenvalue weighted by Gasteiger charge is -2.35. The Hall–Kier alpha value is -2.81. The predicted octanol–water partition coefficient (Wildman–Crippen LogP) is 2.20. The fourth-order valence-electron chi connectivity index (χ4n) is 3.84. The van der Waals surface area contributed by atoms with Crippen molar-refractivity contribution in [1.82, 2.24) is 19.1 Å². The second-order valence-corrected chi connectivity index (χ2v) is 9.77. The van der Waals surface area contributed by atoms with E-state index in [0.717, 1.165) is 34.8 Å². The molecule has 1 saturated heterocycles. The molecule has 1 aliphatic rings. The molecule has 0 bridgehead atoms. The number of hydrogen-bond acceptors (Lipinski definition) is 5. The number of hydrogen-bond donors (Lipinski definition) is 0. The molecule has 0 saturated carbocycles. The first kappa shape index (κ1) is 21.4. The van der Waals surface area contributed by atoms with Gasteiger partial charge in [-0.1, -0.05) is 42.5 Å². The van der Waals surface area contributed by atoms with Crippen molar-refractivity contribution in [3.63, 3.8) is 0 Å². The molecule has 2 heterocycles. The number of para-hydroxylation sites is 1. The van der Waals surface area contributed by atoms with Gasteiger partial charge in [-0.15, -0.1) is 0 Å². The van der Waals surface area contributed by atoms with Crippen LogP contribution in [-0.4, -0.2) is 73.2 Å². The van der Waals surface area contributed by atoms with Crippen LogP contribution in [0.2, 0.25) is 0 Å². The number of nitrogens with zero attached hydrogens (tertiary/aromatic N) is 4.